The molecule has 194 valence electrons. The molecule has 0 aliphatic heterocycles. The van der Waals surface area contributed by atoms with Gasteiger partial charge >= 0.3 is 12.1 Å². The van der Waals surface area contributed by atoms with Gasteiger partial charge in [0.05, 0.1) is 10.9 Å². The first-order valence-electron chi connectivity index (χ1n) is 10.9. The summed E-state index contributed by atoms with van der Waals surface area (Å²) in [5.41, 5.74) is 0.674. The lowest BCUT2D eigenvalue weighted by atomic mass is 10.2. The normalized spacial score (nSPS) is 11.5. The maximum Gasteiger partial charge on any atom is 0.407 e. The number of amides is 2. The van der Waals surface area contributed by atoms with Gasteiger partial charge in [0.1, 0.15) is 10.5 Å². The molecule has 0 saturated heterocycles. The molecule has 7 nitrogen and oxygen atoms in total. The molecule has 11 heteroatoms. The summed E-state index contributed by atoms with van der Waals surface area (Å²) in [6.45, 7) is 9.04. The molecule has 0 saturated carbocycles. The summed E-state index contributed by atoms with van der Waals surface area (Å²) < 4.78 is 6.69. The number of hydrogen-bond acceptors (Lipinski definition) is 7. The van der Waals surface area contributed by atoms with E-state index in [-0.39, 0.29) is 6.54 Å². The third-order valence-corrected chi connectivity index (χ3v) is 7.56. The van der Waals surface area contributed by atoms with Gasteiger partial charge in [-0.1, -0.05) is 35.9 Å². The Kier molecular flexibility index (Phi) is 11.6. The molecule has 0 radical (unpaired) electrons. The van der Waals surface area contributed by atoms with Crippen molar-refractivity contribution in [2.45, 2.75) is 46.3 Å². The minimum atomic E-state index is -0.659. The Hall–Kier alpha value is -2.21. The Labute approximate surface area is 236 Å². The number of nitrogens with zero attached hydrogens (tertiary/aromatic N) is 1. The van der Waals surface area contributed by atoms with E-state index in [2.05, 4.69) is 56.2 Å². The zero-order chi connectivity index (χ0) is 26.9. The highest BCUT2D eigenvalue weighted by molar-refractivity contribution is 9.10. The lowest BCUT2D eigenvalue weighted by Crippen LogP contribution is -2.46. The Morgan fingerprint density at radius 2 is 1.56 bits per heavy atom. The molecule has 0 spiro atoms. The minimum Gasteiger partial charge on any atom is -0.444 e. The average molecular weight is 660 g/mol. The van der Waals surface area contributed by atoms with E-state index in [0.29, 0.717) is 9.75 Å². The van der Waals surface area contributed by atoms with Crippen molar-refractivity contribution in [2.24, 2.45) is 0 Å². The molecule has 0 aliphatic rings. The molecular formula is C25H28Br2N2O5S2. The molecule has 1 unspecified atom stereocenters. The number of hydrogen-bond donors (Lipinski definition) is 1. The molecule has 3 rings (SSSR count). The van der Waals surface area contributed by atoms with E-state index in [0.717, 1.165) is 14.0 Å². The molecule has 0 bridgehead atoms. The zero-order valence-corrected chi connectivity index (χ0v) is 25.3. The fourth-order valence-electron chi connectivity index (χ4n) is 2.58. The van der Waals surface area contributed by atoms with Gasteiger partial charge in [-0.3, -0.25) is 4.79 Å². The summed E-state index contributed by atoms with van der Waals surface area (Å²) in [5, 5.41) is 7.07. The minimum absolute atomic E-state index is 0.0363. The van der Waals surface area contributed by atoms with E-state index in [1.54, 1.807) is 50.6 Å². The summed E-state index contributed by atoms with van der Waals surface area (Å²) in [7, 11) is 0. The molecule has 3 aromatic rings. The van der Waals surface area contributed by atoms with Gasteiger partial charge < -0.3 is 14.9 Å². The number of benzene rings is 1. The smallest absolute Gasteiger partial charge is 0.407 e. The topological polar surface area (TPSA) is 84.9 Å². The van der Waals surface area contributed by atoms with Gasteiger partial charge in [-0.15, -0.1) is 22.7 Å². The summed E-state index contributed by atoms with van der Waals surface area (Å²) >= 11 is 9.01. The van der Waals surface area contributed by atoms with E-state index in [9.17, 15) is 14.4 Å². The number of carbonyl (C=O) groups excluding carboxylic acids is 3. The Morgan fingerprint density at radius 3 is 2.00 bits per heavy atom. The average Bonchev–Trinajstić information content (AvgIpc) is 3.43. The second-order valence-corrected chi connectivity index (χ2v) is 12.3. The highest BCUT2D eigenvalue weighted by atomic mass is 79.9. The molecular weight excluding hydrogens is 632 g/mol. The SMILES string of the molecule is CC(CNC(=O)OC(C)(C)C)N(OC(=O)c1cc(Br)cs1)C(=O)c1cc(Br)cs1.Cc1ccccc1. The van der Waals surface area contributed by atoms with Crippen LogP contribution in [0.25, 0.3) is 0 Å². The van der Waals surface area contributed by atoms with Crippen LogP contribution in [0.1, 0.15) is 52.6 Å². The van der Waals surface area contributed by atoms with Gasteiger partial charge in [0, 0.05) is 26.3 Å². The van der Waals surface area contributed by atoms with Crippen molar-refractivity contribution in [1.82, 2.24) is 10.4 Å². The van der Waals surface area contributed by atoms with Crippen LogP contribution in [0.15, 0.2) is 62.2 Å². The van der Waals surface area contributed by atoms with E-state index in [4.69, 9.17) is 9.57 Å². The second-order valence-electron chi connectivity index (χ2n) is 8.65. The number of aryl methyl sites for hydroxylation is 1. The molecule has 2 heterocycles. The number of halogens is 2. The number of alkyl carbamates (subject to hydrolysis) is 1. The third-order valence-electron chi connectivity index (χ3n) is 4.21. The predicted molar refractivity (Wildman–Crippen MR) is 151 cm³/mol. The fourth-order valence-corrected chi connectivity index (χ4v) is 5.23. The van der Waals surface area contributed by atoms with Gasteiger partial charge in [0.25, 0.3) is 5.91 Å². The Balaban J connectivity index is 0.000000558. The number of rotatable bonds is 5. The first kappa shape index (κ1) is 30.0. The van der Waals surface area contributed by atoms with Crippen LogP contribution in [0, 0.1) is 6.92 Å². The summed E-state index contributed by atoms with van der Waals surface area (Å²) in [4.78, 5) is 43.5. The van der Waals surface area contributed by atoms with Crippen LogP contribution in [0.4, 0.5) is 4.79 Å². The third kappa shape index (κ3) is 10.4. The summed E-state index contributed by atoms with van der Waals surface area (Å²) in [5.74, 6) is -1.14. The summed E-state index contributed by atoms with van der Waals surface area (Å²) in [6.07, 6.45) is -0.621. The highest BCUT2D eigenvalue weighted by Gasteiger charge is 2.29. The molecule has 1 atom stereocenters. The van der Waals surface area contributed by atoms with Crippen molar-refractivity contribution in [2.75, 3.05) is 6.54 Å². The van der Waals surface area contributed by atoms with E-state index < -0.39 is 29.6 Å². The zero-order valence-electron chi connectivity index (χ0n) is 20.5. The largest absolute Gasteiger partial charge is 0.444 e. The molecule has 2 aromatic heterocycles. The van der Waals surface area contributed by atoms with Crippen LogP contribution < -0.4 is 5.32 Å². The van der Waals surface area contributed by atoms with Crippen molar-refractivity contribution >= 4 is 72.5 Å². The van der Waals surface area contributed by atoms with Gasteiger partial charge in [0.15, 0.2) is 0 Å². The second kappa shape index (κ2) is 13.9. The van der Waals surface area contributed by atoms with Crippen LogP contribution in [0.2, 0.25) is 0 Å². The standard InChI is InChI=1S/C18H20Br2N2O5S2.C7H8/c1-10(7-21-17(25)26-18(2,3)4)22(15(23)13-5-11(19)8-28-13)27-16(24)14-6-12(20)9-29-14;1-7-5-3-2-4-6-7/h5-6,8-10H,7H2,1-4H3,(H,21,25);2-6H,1H3. The first-order valence-corrected chi connectivity index (χ1v) is 14.2. The van der Waals surface area contributed by atoms with Crippen molar-refractivity contribution in [1.29, 1.82) is 0 Å². The van der Waals surface area contributed by atoms with Crippen LogP contribution in [0.5, 0.6) is 0 Å². The van der Waals surface area contributed by atoms with Crippen LogP contribution >= 0.6 is 54.5 Å². The van der Waals surface area contributed by atoms with Crippen LogP contribution in [-0.4, -0.2) is 41.2 Å². The van der Waals surface area contributed by atoms with Crippen LogP contribution in [-0.2, 0) is 9.57 Å². The van der Waals surface area contributed by atoms with E-state index in [1.807, 2.05) is 18.2 Å². The maximum absolute atomic E-state index is 12.9. The molecule has 0 aliphatic carbocycles. The van der Waals surface area contributed by atoms with Gasteiger partial charge in [-0.05, 0) is 78.6 Å². The quantitative estimate of drug-likeness (QED) is 0.288. The molecule has 36 heavy (non-hydrogen) atoms. The van der Waals surface area contributed by atoms with Crippen molar-refractivity contribution in [3.8, 4) is 0 Å². The predicted octanol–water partition coefficient (Wildman–Crippen LogP) is 7.46. The molecule has 2 amide bonds. The fraction of sp³-hybridized carbons (Fsp3) is 0.320. The molecule has 1 aromatic carbocycles. The molecule has 1 N–H and O–H groups in total. The number of hydroxylamine groups is 2. The van der Waals surface area contributed by atoms with Gasteiger partial charge in [-0.25, -0.2) is 9.59 Å². The van der Waals surface area contributed by atoms with Gasteiger partial charge in [0.2, 0.25) is 0 Å². The van der Waals surface area contributed by atoms with E-state index in [1.165, 1.54) is 28.2 Å². The lowest BCUT2D eigenvalue weighted by molar-refractivity contribution is -0.101. The molecule has 0 fully saturated rings. The van der Waals surface area contributed by atoms with Gasteiger partial charge in [-0.2, -0.15) is 5.06 Å². The first-order chi connectivity index (χ1) is 16.9. The summed E-state index contributed by atoms with van der Waals surface area (Å²) in [6, 6.07) is 12.9. The number of nitrogens with one attached hydrogen (secondary N) is 1. The monoisotopic (exact) mass is 658 g/mol. The Morgan fingerprint density at radius 1 is 1.00 bits per heavy atom. The lowest BCUT2D eigenvalue weighted by Gasteiger charge is -2.27. The number of carbonyl (C=O) groups is 3. The van der Waals surface area contributed by atoms with E-state index >= 15 is 0 Å². The van der Waals surface area contributed by atoms with Crippen molar-refractivity contribution < 1.29 is 24.0 Å². The highest BCUT2D eigenvalue weighted by Crippen LogP contribution is 2.24. The Bertz CT molecular complexity index is 1160. The van der Waals surface area contributed by atoms with Crippen LogP contribution in [0.3, 0.4) is 0 Å². The number of ether oxygens (including phenoxy) is 1. The number of thiophene rings is 2. The van der Waals surface area contributed by atoms with Crippen molar-refractivity contribution in [3.63, 3.8) is 0 Å². The maximum atomic E-state index is 12.9. The van der Waals surface area contributed by atoms with Crippen molar-refractivity contribution in [3.05, 3.63) is 77.5 Å².